The molecule has 1 aliphatic rings. The molecule has 3 rings (SSSR count). The van der Waals surface area contributed by atoms with Gasteiger partial charge in [0, 0.05) is 6.54 Å². The van der Waals surface area contributed by atoms with E-state index < -0.39 is 6.04 Å². The maximum atomic E-state index is 13.1. The second-order valence-corrected chi connectivity index (χ2v) is 8.88. The molecule has 1 saturated heterocycles. The highest BCUT2D eigenvalue weighted by Gasteiger charge is 2.41. The first-order chi connectivity index (χ1) is 13.9. The minimum absolute atomic E-state index is 0.00849. The van der Waals surface area contributed by atoms with Crippen molar-refractivity contribution in [1.29, 1.82) is 0 Å². The van der Waals surface area contributed by atoms with Crippen LogP contribution in [-0.2, 0) is 16.1 Å². The Kier molecular flexibility index (Phi) is 6.96. The number of rotatable bonds is 7. The summed E-state index contributed by atoms with van der Waals surface area (Å²) in [4.78, 5) is 27.7. The van der Waals surface area contributed by atoms with E-state index in [2.05, 4.69) is 19.2 Å². The van der Waals surface area contributed by atoms with Gasteiger partial charge in [-0.3, -0.25) is 9.59 Å². The van der Waals surface area contributed by atoms with Gasteiger partial charge in [0.05, 0.1) is 5.75 Å². The fourth-order valence-corrected chi connectivity index (χ4v) is 4.90. The van der Waals surface area contributed by atoms with Gasteiger partial charge in [-0.25, -0.2) is 4.39 Å². The molecule has 4 nitrogen and oxygen atoms in total. The number of nitrogens with one attached hydrogen (secondary N) is 1. The van der Waals surface area contributed by atoms with Crippen molar-refractivity contribution in [2.75, 3.05) is 5.75 Å². The van der Waals surface area contributed by atoms with Crippen LogP contribution in [0.25, 0.3) is 0 Å². The maximum absolute atomic E-state index is 13.1. The number of hydrogen-bond acceptors (Lipinski definition) is 3. The van der Waals surface area contributed by atoms with Crippen molar-refractivity contribution in [3.63, 3.8) is 0 Å². The minimum atomic E-state index is -0.539. The van der Waals surface area contributed by atoms with Gasteiger partial charge >= 0.3 is 0 Å². The van der Waals surface area contributed by atoms with Gasteiger partial charge in [0.1, 0.15) is 17.2 Å². The molecule has 2 aromatic rings. The molecule has 1 fully saturated rings. The van der Waals surface area contributed by atoms with Crippen molar-refractivity contribution in [3.05, 3.63) is 71.0 Å². The van der Waals surface area contributed by atoms with E-state index in [1.165, 1.54) is 12.1 Å². The number of thioether (sulfide) groups is 1. The predicted octanol–water partition coefficient (Wildman–Crippen LogP) is 4.44. The van der Waals surface area contributed by atoms with Gasteiger partial charge < -0.3 is 10.2 Å². The highest BCUT2D eigenvalue weighted by Crippen LogP contribution is 2.42. The Labute approximate surface area is 175 Å². The van der Waals surface area contributed by atoms with Gasteiger partial charge in [0.25, 0.3) is 0 Å². The molecule has 2 atom stereocenters. The van der Waals surface area contributed by atoms with E-state index in [-0.39, 0.29) is 28.9 Å². The van der Waals surface area contributed by atoms with E-state index in [0.717, 1.165) is 16.7 Å². The largest absolute Gasteiger partial charge is 0.350 e. The normalized spacial score (nSPS) is 17.6. The Bertz CT molecular complexity index is 869. The van der Waals surface area contributed by atoms with Crippen LogP contribution in [0, 0.1) is 18.7 Å². The first-order valence-corrected chi connectivity index (χ1v) is 10.9. The number of nitrogens with zero attached hydrogens (tertiary/aromatic N) is 1. The lowest BCUT2D eigenvalue weighted by molar-refractivity contribution is -0.139. The number of hydrogen-bond donors (Lipinski definition) is 1. The van der Waals surface area contributed by atoms with Crippen molar-refractivity contribution in [3.8, 4) is 0 Å². The standard InChI is InChI=1S/C23H27FN2O2S/c1-15(2)12-20(22(28)25-13-17-8-10-18(24)11-9-17)26-21(27)14-29-23(26)19-7-5-4-6-16(19)3/h4-11,15,20,23H,12-14H2,1-3H3,(H,25,28)/t20-,23-/m0/s1. The Morgan fingerprint density at radius 2 is 1.90 bits per heavy atom. The monoisotopic (exact) mass is 414 g/mol. The average Bonchev–Trinajstić information content (AvgIpc) is 3.06. The van der Waals surface area contributed by atoms with Crippen LogP contribution in [0.15, 0.2) is 48.5 Å². The van der Waals surface area contributed by atoms with Crippen molar-refractivity contribution in [2.45, 2.75) is 45.2 Å². The van der Waals surface area contributed by atoms with E-state index in [1.807, 2.05) is 31.2 Å². The summed E-state index contributed by atoms with van der Waals surface area (Å²) < 4.78 is 13.1. The van der Waals surface area contributed by atoms with E-state index in [4.69, 9.17) is 0 Å². The molecule has 0 saturated carbocycles. The lowest BCUT2D eigenvalue weighted by Gasteiger charge is -2.33. The number of benzene rings is 2. The summed E-state index contributed by atoms with van der Waals surface area (Å²) >= 11 is 1.57. The molecule has 2 amide bonds. The molecule has 0 radical (unpaired) electrons. The van der Waals surface area contributed by atoms with Crippen molar-refractivity contribution in [1.82, 2.24) is 10.2 Å². The van der Waals surface area contributed by atoms with E-state index in [1.54, 1.807) is 28.8 Å². The maximum Gasteiger partial charge on any atom is 0.243 e. The van der Waals surface area contributed by atoms with Gasteiger partial charge in [-0.05, 0) is 48.1 Å². The topological polar surface area (TPSA) is 49.4 Å². The first kappa shape index (κ1) is 21.4. The highest BCUT2D eigenvalue weighted by molar-refractivity contribution is 8.00. The summed E-state index contributed by atoms with van der Waals surface area (Å²) in [6.45, 7) is 6.44. The van der Waals surface area contributed by atoms with Gasteiger partial charge in [-0.1, -0.05) is 50.2 Å². The molecule has 0 bridgehead atoms. The fraction of sp³-hybridized carbons (Fsp3) is 0.391. The van der Waals surface area contributed by atoms with Crippen LogP contribution in [0.3, 0.4) is 0 Å². The highest BCUT2D eigenvalue weighted by atomic mass is 32.2. The molecular formula is C23H27FN2O2S. The smallest absolute Gasteiger partial charge is 0.243 e. The second kappa shape index (κ2) is 9.44. The molecule has 0 unspecified atom stereocenters. The fourth-order valence-electron chi connectivity index (χ4n) is 3.58. The van der Waals surface area contributed by atoms with Crippen LogP contribution in [0.1, 0.15) is 42.3 Å². The van der Waals surface area contributed by atoms with E-state index >= 15 is 0 Å². The SMILES string of the molecule is Cc1ccccc1[C@@H]1SCC(=O)N1[C@@H](CC(C)C)C(=O)NCc1ccc(F)cc1. The third kappa shape index (κ3) is 5.18. The van der Waals surface area contributed by atoms with E-state index in [9.17, 15) is 14.0 Å². The van der Waals surface area contributed by atoms with Crippen molar-refractivity contribution in [2.24, 2.45) is 5.92 Å². The Morgan fingerprint density at radius 3 is 2.55 bits per heavy atom. The molecular weight excluding hydrogens is 387 g/mol. The second-order valence-electron chi connectivity index (χ2n) is 7.81. The van der Waals surface area contributed by atoms with Crippen LogP contribution in [0.2, 0.25) is 0 Å². The average molecular weight is 415 g/mol. The van der Waals surface area contributed by atoms with Gasteiger partial charge in [-0.2, -0.15) is 0 Å². The molecule has 0 aromatic heterocycles. The number of aryl methyl sites for hydroxylation is 1. The summed E-state index contributed by atoms with van der Waals surface area (Å²) in [5, 5.41) is 2.78. The Morgan fingerprint density at radius 1 is 1.21 bits per heavy atom. The molecule has 1 N–H and O–H groups in total. The van der Waals surface area contributed by atoms with Crippen LogP contribution >= 0.6 is 11.8 Å². The zero-order valence-electron chi connectivity index (χ0n) is 17.0. The van der Waals surface area contributed by atoms with Crippen LogP contribution in [0.4, 0.5) is 4.39 Å². The lowest BCUT2D eigenvalue weighted by atomic mass is 9.99. The quantitative estimate of drug-likeness (QED) is 0.729. The predicted molar refractivity (Wildman–Crippen MR) is 115 cm³/mol. The number of carbonyl (C=O) groups is 2. The molecule has 2 aromatic carbocycles. The Balaban J connectivity index is 1.81. The molecule has 1 heterocycles. The van der Waals surface area contributed by atoms with Gasteiger partial charge in [-0.15, -0.1) is 11.8 Å². The first-order valence-electron chi connectivity index (χ1n) is 9.87. The molecule has 1 aliphatic heterocycles. The molecule has 6 heteroatoms. The van der Waals surface area contributed by atoms with E-state index in [0.29, 0.717) is 18.7 Å². The molecule has 0 aliphatic carbocycles. The van der Waals surface area contributed by atoms with Crippen LogP contribution < -0.4 is 5.32 Å². The zero-order chi connectivity index (χ0) is 21.0. The van der Waals surface area contributed by atoms with Gasteiger partial charge in [0.15, 0.2) is 0 Å². The summed E-state index contributed by atoms with van der Waals surface area (Å²) in [6.07, 6.45) is 0.587. The third-order valence-electron chi connectivity index (χ3n) is 5.07. The lowest BCUT2D eigenvalue weighted by Crippen LogP contribution is -2.49. The molecule has 154 valence electrons. The summed E-state index contributed by atoms with van der Waals surface area (Å²) in [6, 6.07) is 13.5. The summed E-state index contributed by atoms with van der Waals surface area (Å²) in [7, 11) is 0. The van der Waals surface area contributed by atoms with Crippen molar-refractivity contribution >= 4 is 23.6 Å². The minimum Gasteiger partial charge on any atom is -0.350 e. The van der Waals surface area contributed by atoms with Crippen LogP contribution in [-0.4, -0.2) is 28.5 Å². The Hall–Kier alpha value is -2.34. The zero-order valence-corrected chi connectivity index (χ0v) is 17.8. The molecule has 0 spiro atoms. The van der Waals surface area contributed by atoms with Crippen LogP contribution in [0.5, 0.6) is 0 Å². The van der Waals surface area contributed by atoms with Gasteiger partial charge in [0.2, 0.25) is 11.8 Å². The summed E-state index contributed by atoms with van der Waals surface area (Å²) in [5.41, 5.74) is 3.00. The summed E-state index contributed by atoms with van der Waals surface area (Å²) in [5.74, 6) is 0.146. The number of amides is 2. The number of carbonyl (C=O) groups excluding carboxylic acids is 2. The van der Waals surface area contributed by atoms with Crippen molar-refractivity contribution < 1.29 is 14.0 Å². The third-order valence-corrected chi connectivity index (χ3v) is 6.28. The number of halogens is 1. The molecule has 29 heavy (non-hydrogen) atoms.